The first-order chi connectivity index (χ1) is 8.24. The van der Waals surface area contributed by atoms with Crippen molar-refractivity contribution in [3.8, 4) is 0 Å². The number of fused-ring (bicyclic) bond motifs is 1. The maximum Gasteiger partial charge on any atom is 0.134 e. The van der Waals surface area contributed by atoms with Gasteiger partial charge in [0.25, 0.3) is 0 Å². The van der Waals surface area contributed by atoms with E-state index in [-0.39, 0.29) is 6.04 Å². The molecule has 0 aliphatic heterocycles. The van der Waals surface area contributed by atoms with E-state index in [1.165, 1.54) is 4.88 Å². The van der Waals surface area contributed by atoms with Gasteiger partial charge >= 0.3 is 0 Å². The standard InChI is InChI=1S/C14H13NOS/c1-9-6-7-13(17-9)14(15)12-8-10-4-2-3-5-11(10)16-12/h2-8,14H,15H2,1H3. The van der Waals surface area contributed by atoms with Crippen molar-refractivity contribution in [3.05, 3.63) is 58.0 Å². The first-order valence-electron chi connectivity index (χ1n) is 5.54. The van der Waals surface area contributed by atoms with Gasteiger partial charge in [-0.25, -0.2) is 0 Å². The quantitative estimate of drug-likeness (QED) is 0.742. The third-order valence-corrected chi connectivity index (χ3v) is 3.90. The Morgan fingerprint density at radius 2 is 2.00 bits per heavy atom. The minimum atomic E-state index is -0.166. The van der Waals surface area contributed by atoms with Crippen molar-refractivity contribution in [3.63, 3.8) is 0 Å². The molecule has 1 atom stereocenters. The largest absolute Gasteiger partial charge is 0.459 e. The van der Waals surface area contributed by atoms with E-state index in [0.717, 1.165) is 21.6 Å². The van der Waals surface area contributed by atoms with Crippen LogP contribution in [-0.2, 0) is 0 Å². The van der Waals surface area contributed by atoms with Gasteiger partial charge in [-0.2, -0.15) is 0 Å². The van der Waals surface area contributed by atoms with E-state index in [1.54, 1.807) is 11.3 Å². The van der Waals surface area contributed by atoms with Crippen LogP contribution in [0.25, 0.3) is 11.0 Å². The lowest BCUT2D eigenvalue weighted by atomic mass is 10.2. The zero-order valence-corrected chi connectivity index (χ0v) is 10.3. The molecule has 0 radical (unpaired) electrons. The molecule has 3 heteroatoms. The summed E-state index contributed by atoms with van der Waals surface area (Å²) >= 11 is 1.72. The number of furan rings is 1. The first-order valence-corrected chi connectivity index (χ1v) is 6.36. The zero-order chi connectivity index (χ0) is 11.8. The van der Waals surface area contributed by atoms with E-state index in [1.807, 2.05) is 30.3 Å². The summed E-state index contributed by atoms with van der Waals surface area (Å²) in [5.41, 5.74) is 7.10. The van der Waals surface area contributed by atoms with Crippen LogP contribution in [0.5, 0.6) is 0 Å². The summed E-state index contributed by atoms with van der Waals surface area (Å²) in [7, 11) is 0. The fourth-order valence-corrected chi connectivity index (χ4v) is 2.80. The molecular formula is C14H13NOS. The van der Waals surface area contributed by atoms with Gasteiger partial charge in [-0.3, -0.25) is 0 Å². The van der Waals surface area contributed by atoms with Crippen molar-refractivity contribution in [2.45, 2.75) is 13.0 Å². The molecule has 17 heavy (non-hydrogen) atoms. The molecule has 3 aromatic rings. The Bertz CT molecular complexity index is 620. The Kier molecular flexibility index (Phi) is 2.50. The maximum atomic E-state index is 6.21. The van der Waals surface area contributed by atoms with Gasteiger partial charge in [-0.15, -0.1) is 11.3 Å². The van der Waals surface area contributed by atoms with E-state index < -0.39 is 0 Å². The second-order valence-corrected chi connectivity index (χ2v) is 5.43. The molecule has 0 amide bonds. The van der Waals surface area contributed by atoms with Crippen LogP contribution in [0, 0.1) is 6.92 Å². The summed E-state index contributed by atoms with van der Waals surface area (Å²) in [6.45, 7) is 2.08. The SMILES string of the molecule is Cc1ccc(C(N)c2cc3ccccc3o2)s1. The van der Waals surface area contributed by atoms with Crippen molar-refractivity contribution in [1.29, 1.82) is 0 Å². The highest BCUT2D eigenvalue weighted by Crippen LogP contribution is 2.30. The monoisotopic (exact) mass is 243 g/mol. The van der Waals surface area contributed by atoms with E-state index in [9.17, 15) is 0 Å². The molecule has 0 spiro atoms. The van der Waals surface area contributed by atoms with Crippen LogP contribution in [0.1, 0.15) is 21.6 Å². The van der Waals surface area contributed by atoms with Crippen LogP contribution in [0.15, 0.2) is 46.9 Å². The summed E-state index contributed by atoms with van der Waals surface area (Å²) in [4.78, 5) is 2.41. The molecule has 1 unspecified atom stereocenters. The highest BCUT2D eigenvalue weighted by Gasteiger charge is 2.15. The molecule has 2 heterocycles. The summed E-state index contributed by atoms with van der Waals surface area (Å²) in [5.74, 6) is 0.827. The van der Waals surface area contributed by atoms with Crippen LogP contribution >= 0.6 is 11.3 Å². The van der Waals surface area contributed by atoms with Crippen molar-refractivity contribution < 1.29 is 4.42 Å². The molecule has 0 saturated carbocycles. The molecule has 3 rings (SSSR count). The van der Waals surface area contributed by atoms with Crippen molar-refractivity contribution >= 4 is 22.3 Å². The lowest BCUT2D eigenvalue weighted by molar-refractivity contribution is 0.528. The first kappa shape index (κ1) is 10.6. The van der Waals surface area contributed by atoms with Gasteiger partial charge in [0.15, 0.2) is 0 Å². The molecule has 2 nitrogen and oxygen atoms in total. The Morgan fingerprint density at radius 1 is 1.18 bits per heavy atom. The molecule has 0 fully saturated rings. The number of nitrogens with two attached hydrogens (primary N) is 1. The molecular weight excluding hydrogens is 230 g/mol. The zero-order valence-electron chi connectivity index (χ0n) is 9.51. The van der Waals surface area contributed by atoms with Gasteiger partial charge in [0, 0.05) is 15.1 Å². The topological polar surface area (TPSA) is 39.2 Å². The lowest BCUT2D eigenvalue weighted by Gasteiger charge is -2.04. The molecule has 0 bridgehead atoms. The molecule has 2 aromatic heterocycles. The summed E-state index contributed by atoms with van der Waals surface area (Å²) < 4.78 is 5.78. The molecule has 2 N–H and O–H groups in total. The number of hydrogen-bond acceptors (Lipinski definition) is 3. The average molecular weight is 243 g/mol. The Balaban J connectivity index is 2.03. The second-order valence-electron chi connectivity index (χ2n) is 4.11. The highest BCUT2D eigenvalue weighted by atomic mass is 32.1. The van der Waals surface area contributed by atoms with E-state index in [2.05, 4.69) is 19.1 Å². The van der Waals surface area contributed by atoms with Crippen molar-refractivity contribution in [2.24, 2.45) is 5.73 Å². The molecule has 0 saturated heterocycles. The normalized spacial score (nSPS) is 13.1. The summed E-state index contributed by atoms with van der Waals surface area (Å²) in [6.07, 6.45) is 0. The number of thiophene rings is 1. The van der Waals surface area contributed by atoms with Gasteiger partial charge in [-0.1, -0.05) is 18.2 Å². The lowest BCUT2D eigenvalue weighted by Crippen LogP contribution is -2.08. The Labute approximate surface area is 104 Å². The van der Waals surface area contributed by atoms with Crippen molar-refractivity contribution in [2.75, 3.05) is 0 Å². The maximum absolute atomic E-state index is 6.21. The van der Waals surface area contributed by atoms with Crippen molar-refractivity contribution in [1.82, 2.24) is 0 Å². The van der Waals surface area contributed by atoms with E-state index in [0.29, 0.717) is 0 Å². The third-order valence-electron chi connectivity index (χ3n) is 2.82. The van der Waals surface area contributed by atoms with Gasteiger partial charge in [0.2, 0.25) is 0 Å². The Hall–Kier alpha value is -1.58. The number of hydrogen-bond donors (Lipinski definition) is 1. The summed E-state index contributed by atoms with van der Waals surface area (Å²) in [6, 6.07) is 14.0. The summed E-state index contributed by atoms with van der Waals surface area (Å²) in [5, 5.41) is 1.10. The van der Waals surface area contributed by atoms with E-state index >= 15 is 0 Å². The molecule has 1 aromatic carbocycles. The van der Waals surface area contributed by atoms with Crippen LogP contribution < -0.4 is 5.73 Å². The fourth-order valence-electron chi connectivity index (χ4n) is 1.92. The van der Waals surface area contributed by atoms with Gasteiger partial charge in [-0.05, 0) is 31.2 Å². The Morgan fingerprint density at radius 3 is 2.71 bits per heavy atom. The third kappa shape index (κ3) is 1.88. The predicted molar refractivity (Wildman–Crippen MR) is 71.3 cm³/mol. The van der Waals surface area contributed by atoms with Crippen LogP contribution in [0.3, 0.4) is 0 Å². The van der Waals surface area contributed by atoms with Crippen LogP contribution in [-0.4, -0.2) is 0 Å². The van der Waals surface area contributed by atoms with Crippen LogP contribution in [0.4, 0.5) is 0 Å². The predicted octanol–water partition coefficient (Wildman–Crippen LogP) is 3.85. The minimum Gasteiger partial charge on any atom is -0.459 e. The average Bonchev–Trinajstić information content (AvgIpc) is 2.93. The minimum absolute atomic E-state index is 0.166. The van der Waals surface area contributed by atoms with Gasteiger partial charge in [0.1, 0.15) is 11.3 Å². The van der Waals surface area contributed by atoms with Crippen LogP contribution in [0.2, 0.25) is 0 Å². The van der Waals surface area contributed by atoms with Gasteiger partial charge < -0.3 is 10.2 Å². The molecule has 0 aliphatic carbocycles. The smallest absolute Gasteiger partial charge is 0.134 e. The molecule has 86 valence electrons. The van der Waals surface area contributed by atoms with E-state index in [4.69, 9.17) is 10.2 Å². The highest BCUT2D eigenvalue weighted by molar-refractivity contribution is 7.12. The number of benzene rings is 1. The number of aryl methyl sites for hydroxylation is 1. The van der Waals surface area contributed by atoms with Gasteiger partial charge in [0.05, 0.1) is 6.04 Å². The number of rotatable bonds is 2. The fraction of sp³-hybridized carbons (Fsp3) is 0.143. The number of para-hydroxylation sites is 1. The molecule has 0 aliphatic rings. The second kappa shape index (κ2) is 4.02.